The van der Waals surface area contributed by atoms with Gasteiger partial charge in [-0.3, -0.25) is 0 Å². The zero-order chi connectivity index (χ0) is 13.8. The molecule has 0 heterocycles. The summed E-state index contributed by atoms with van der Waals surface area (Å²) in [6.45, 7) is 3.71. The summed E-state index contributed by atoms with van der Waals surface area (Å²) in [5.74, 6) is -0.288. The lowest BCUT2D eigenvalue weighted by atomic mass is 10.0. The van der Waals surface area contributed by atoms with E-state index in [0.717, 1.165) is 18.7 Å². The quantitative estimate of drug-likeness (QED) is 0.823. The Kier molecular flexibility index (Phi) is 4.97. The highest BCUT2D eigenvalue weighted by molar-refractivity contribution is 9.10. The maximum atomic E-state index is 14.1. The SMILES string of the molecule is CCNCc1ccc(-c2cccc(Br)c2F)c(Cl)c1. The van der Waals surface area contributed by atoms with Crippen molar-refractivity contribution in [2.45, 2.75) is 13.5 Å². The van der Waals surface area contributed by atoms with E-state index in [2.05, 4.69) is 21.2 Å². The minimum absolute atomic E-state index is 0.288. The summed E-state index contributed by atoms with van der Waals surface area (Å²) in [6.07, 6.45) is 0. The number of nitrogens with one attached hydrogen (secondary N) is 1. The third-order valence-electron chi connectivity index (χ3n) is 2.85. The summed E-state index contributed by atoms with van der Waals surface area (Å²) >= 11 is 9.45. The minimum Gasteiger partial charge on any atom is -0.313 e. The molecule has 0 amide bonds. The second-order valence-corrected chi connectivity index (χ2v) is 5.46. The topological polar surface area (TPSA) is 12.0 Å². The molecule has 2 rings (SSSR count). The largest absolute Gasteiger partial charge is 0.313 e. The summed E-state index contributed by atoms with van der Waals surface area (Å²) in [4.78, 5) is 0. The summed E-state index contributed by atoms with van der Waals surface area (Å²) in [5.41, 5.74) is 2.31. The maximum absolute atomic E-state index is 14.1. The van der Waals surface area contributed by atoms with E-state index in [4.69, 9.17) is 11.6 Å². The van der Waals surface area contributed by atoms with Gasteiger partial charge in [-0.15, -0.1) is 0 Å². The fourth-order valence-corrected chi connectivity index (χ4v) is 2.54. The van der Waals surface area contributed by atoms with Crippen LogP contribution in [0.2, 0.25) is 5.02 Å². The molecule has 0 spiro atoms. The van der Waals surface area contributed by atoms with Crippen molar-refractivity contribution in [2.75, 3.05) is 6.54 Å². The molecular formula is C15H14BrClFN. The van der Waals surface area contributed by atoms with Gasteiger partial charge in [-0.05, 0) is 40.2 Å². The molecule has 0 aliphatic rings. The van der Waals surface area contributed by atoms with Crippen molar-refractivity contribution in [1.29, 1.82) is 0 Å². The Bertz CT molecular complexity index is 586. The van der Waals surface area contributed by atoms with Crippen LogP contribution in [0.4, 0.5) is 4.39 Å². The molecule has 1 N–H and O–H groups in total. The van der Waals surface area contributed by atoms with Crippen molar-refractivity contribution >= 4 is 27.5 Å². The molecule has 0 aliphatic carbocycles. The normalized spacial score (nSPS) is 10.7. The molecule has 2 aromatic carbocycles. The van der Waals surface area contributed by atoms with E-state index in [1.807, 2.05) is 25.1 Å². The molecule has 100 valence electrons. The molecule has 4 heteroatoms. The summed E-state index contributed by atoms with van der Waals surface area (Å²) in [6, 6.07) is 10.9. The molecule has 0 radical (unpaired) electrons. The fraction of sp³-hybridized carbons (Fsp3) is 0.200. The molecule has 0 saturated carbocycles. The number of halogens is 3. The van der Waals surface area contributed by atoms with Gasteiger partial charge in [-0.25, -0.2) is 4.39 Å². The Labute approximate surface area is 125 Å². The van der Waals surface area contributed by atoms with Gasteiger partial charge in [0.15, 0.2) is 0 Å². The molecule has 0 fully saturated rings. The first-order valence-electron chi connectivity index (χ1n) is 6.07. The van der Waals surface area contributed by atoms with Crippen molar-refractivity contribution in [3.05, 3.63) is 57.3 Å². The van der Waals surface area contributed by atoms with Crippen LogP contribution in [-0.4, -0.2) is 6.54 Å². The van der Waals surface area contributed by atoms with Crippen LogP contribution in [0.1, 0.15) is 12.5 Å². The van der Waals surface area contributed by atoms with Gasteiger partial charge < -0.3 is 5.32 Å². The zero-order valence-electron chi connectivity index (χ0n) is 10.5. The fourth-order valence-electron chi connectivity index (χ4n) is 1.87. The van der Waals surface area contributed by atoms with E-state index >= 15 is 0 Å². The predicted octanol–water partition coefficient (Wildman–Crippen LogP) is 5.02. The Morgan fingerprint density at radius 1 is 1.21 bits per heavy atom. The van der Waals surface area contributed by atoms with Gasteiger partial charge in [-0.2, -0.15) is 0 Å². The molecule has 0 atom stereocenters. The van der Waals surface area contributed by atoms with Gasteiger partial charge in [0, 0.05) is 22.7 Å². The first-order chi connectivity index (χ1) is 9.13. The van der Waals surface area contributed by atoms with Crippen LogP contribution in [0.15, 0.2) is 40.9 Å². The lowest BCUT2D eigenvalue weighted by Crippen LogP contribution is -2.11. The van der Waals surface area contributed by atoms with Gasteiger partial charge in [0.25, 0.3) is 0 Å². The van der Waals surface area contributed by atoms with E-state index in [9.17, 15) is 4.39 Å². The standard InChI is InChI=1S/C15H14BrClFN/c1-2-19-9-10-6-7-11(14(17)8-10)12-4-3-5-13(16)15(12)18/h3-8,19H,2,9H2,1H3. The first kappa shape index (κ1) is 14.5. The van der Waals surface area contributed by atoms with Crippen LogP contribution < -0.4 is 5.32 Å². The minimum atomic E-state index is -0.288. The van der Waals surface area contributed by atoms with E-state index in [1.165, 1.54) is 0 Å². The highest BCUT2D eigenvalue weighted by atomic mass is 79.9. The maximum Gasteiger partial charge on any atom is 0.145 e. The summed E-state index contributed by atoms with van der Waals surface area (Å²) in [7, 11) is 0. The van der Waals surface area contributed by atoms with Crippen molar-refractivity contribution < 1.29 is 4.39 Å². The van der Waals surface area contributed by atoms with Crippen molar-refractivity contribution in [3.8, 4) is 11.1 Å². The molecule has 0 unspecified atom stereocenters. The predicted molar refractivity (Wildman–Crippen MR) is 81.9 cm³/mol. The summed E-state index contributed by atoms with van der Waals surface area (Å²) in [5, 5.41) is 3.79. The van der Waals surface area contributed by atoms with Crippen LogP contribution in [0.3, 0.4) is 0 Å². The highest BCUT2D eigenvalue weighted by Crippen LogP contribution is 2.33. The average molecular weight is 343 g/mol. The Morgan fingerprint density at radius 2 is 2.00 bits per heavy atom. The lowest BCUT2D eigenvalue weighted by molar-refractivity contribution is 0.624. The molecule has 0 aliphatic heterocycles. The first-order valence-corrected chi connectivity index (χ1v) is 7.24. The van der Waals surface area contributed by atoms with Crippen molar-refractivity contribution in [2.24, 2.45) is 0 Å². The number of rotatable bonds is 4. The van der Waals surface area contributed by atoms with E-state index in [1.54, 1.807) is 18.2 Å². The Balaban J connectivity index is 2.38. The van der Waals surface area contributed by atoms with Gasteiger partial charge in [0.2, 0.25) is 0 Å². The van der Waals surface area contributed by atoms with Gasteiger partial charge in [0.05, 0.1) is 4.47 Å². The smallest absolute Gasteiger partial charge is 0.145 e. The van der Waals surface area contributed by atoms with E-state index < -0.39 is 0 Å². The van der Waals surface area contributed by atoms with Gasteiger partial charge in [-0.1, -0.05) is 42.8 Å². The van der Waals surface area contributed by atoms with Gasteiger partial charge >= 0.3 is 0 Å². The highest BCUT2D eigenvalue weighted by Gasteiger charge is 2.11. The second kappa shape index (κ2) is 6.51. The van der Waals surface area contributed by atoms with E-state index in [0.29, 0.717) is 20.6 Å². The van der Waals surface area contributed by atoms with E-state index in [-0.39, 0.29) is 5.82 Å². The molecule has 1 nitrogen and oxygen atoms in total. The van der Waals surface area contributed by atoms with Crippen LogP contribution in [0.25, 0.3) is 11.1 Å². The van der Waals surface area contributed by atoms with Crippen LogP contribution in [0.5, 0.6) is 0 Å². The second-order valence-electron chi connectivity index (χ2n) is 4.20. The van der Waals surface area contributed by atoms with Gasteiger partial charge in [0.1, 0.15) is 5.82 Å². The van der Waals surface area contributed by atoms with Crippen LogP contribution in [-0.2, 0) is 6.54 Å². The molecule has 0 bridgehead atoms. The Hall–Kier alpha value is -0.900. The monoisotopic (exact) mass is 341 g/mol. The van der Waals surface area contributed by atoms with Crippen molar-refractivity contribution in [3.63, 3.8) is 0 Å². The lowest BCUT2D eigenvalue weighted by Gasteiger charge is -2.09. The average Bonchev–Trinajstić information content (AvgIpc) is 2.40. The molecule has 19 heavy (non-hydrogen) atoms. The zero-order valence-corrected chi connectivity index (χ0v) is 12.9. The van der Waals surface area contributed by atoms with Crippen molar-refractivity contribution in [1.82, 2.24) is 5.32 Å². The molecule has 0 saturated heterocycles. The molecular weight excluding hydrogens is 329 g/mol. The molecule has 0 aromatic heterocycles. The number of hydrogen-bond donors (Lipinski definition) is 1. The third-order valence-corrected chi connectivity index (χ3v) is 3.78. The number of benzene rings is 2. The van der Waals surface area contributed by atoms with Crippen LogP contribution in [0, 0.1) is 5.82 Å². The summed E-state index contributed by atoms with van der Waals surface area (Å²) < 4.78 is 14.5. The number of hydrogen-bond acceptors (Lipinski definition) is 1. The van der Waals surface area contributed by atoms with Crippen LogP contribution >= 0.6 is 27.5 Å². The third kappa shape index (κ3) is 3.35. The Morgan fingerprint density at radius 3 is 2.68 bits per heavy atom. The molecule has 2 aromatic rings.